The highest BCUT2D eigenvalue weighted by atomic mass is 32.1. The van der Waals surface area contributed by atoms with Crippen molar-refractivity contribution in [1.82, 2.24) is 9.56 Å². The number of morpholine rings is 1. The molecule has 20 heavy (non-hydrogen) atoms. The molecule has 0 spiro atoms. The number of aromatic nitrogens is 1. The molecule has 0 atom stereocenters. The van der Waals surface area contributed by atoms with Crippen LogP contribution in [0.15, 0.2) is 42.5 Å². The van der Waals surface area contributed by atoms with Gasteiger partial charge in [-0.2, -0.15) is 0 Å². The molecule has 0 bridgehead atoms. The van der Waals surface area contributed by atoms with Crippen LogP contribution in [0, 0.1) is 0 Å². The molecule has 4 heteroatoms. The summed E-state index contributed by atoms with van der Waals surface area (Å²) < 4.78 is 9.03. The van der Waals surface area contributed by atoms with Crippen molar-refractivity contribution in [3.63, 3.8) is 0 Å². The van der Waals surface area contributed by atoms with Gasteiger partial charge in [-0.15, -0.1) is 11.3 Å². The summed E-state index contributed by atoms with van der Waals surface area (Å²) in [6.45, 7) is 3.57. The highest BCUT2D eigenvalue weighted by molar-refractivity contribution is 7.21. The molecule has 3 nitrogen and oxygen atoms in total. The third-order valence-corrected chi connectivity index (χ3v) is 4.76. The second kappa shape index (κ2) is 4.96. The number of ether oxygens (including phenoxy) is 1. The number of hydrogen-bond donors (Lipinski definition) is 0. The smallest absolute Gasteiger partial charge is 0.201 e. The van der Waals surface area contributed by atoms with E-state index in [1.165, 1.54) is 14.9 Å². The Bertz CT molecular complexity index is 801. The van der Waals surface area contributed by atoms with Crippen LogP contribution in [0.2, 0.25) is 0 Å². The van der Waals surface area contributed by atoms with Gasteiger partial charge in [0, 0.05) is 12.1 Å². The summed E-state index contributed by atoms with van der Waals surface area (Å²) in [7, 11) is 0. The topological polar surface area (TPSA) is 25.1 Å². The largest absolute Gasteiger partial charge is 0.368 e. The number of hydrogen-bond acceptors (Lipinski definition) is 3. The lowest BCUT2D eigenvalue weighted by Gasteiger charge is -2.11. The predicted molar refractivity (Wildman–Crippen MR) is 82.1 cm³/mol. The Morgan fingerprint density at radius 1 is 1.05 bits per heavy atom. The molecule has 0 saturated carbocycles. The van der Waals surface area contributed by atoms with Gasteiger partial charge in [0.05, 0.1) is 20.8 Å². The van der Waals surface area contributed by atoms with E-state index in [-0.39, 0.29) is 0 Å². The zero-order valence-electron chi connectivity index (χ0n) is 11.1. The Morgan fingerprint density at radius 3 is 2.80 bits per heavy atom. The van der Waals surface area contributed by atoms with Crippen molar-refractivity contribution in [3.05, 3.63) is 47.8 Å². The molecule has 1 aromatic carbocycles. The van der Waals surface area contributed by atoms with E-state index in [1.54, 1.807) is 0 Å². The van der Waals surface area contributed by atoms with E-state index in [0.717, 1.165) is 37.5 Å². The van der Waals surface area contributed by atoms with Crippen LogP contribution in [0.5, 0.6) is 0 Å². The summed E-state index contributed by atoms with van der Waals surface area (Å²) in [5.41, 5.74) is 2.15. The third kappa shape index (κ3) is 2.11. The minimum atomic E-state index is 0.817. The molecule has 2 heterocycles. The lowest BCUT2D eigenvalue weighted by molar-refractivity contribution is 0.0966. The van der Waals surface area contributed by atoms with Gasteiger partial charge < -0.3 is 4.74 Å². The fraction of sp³-hybridized carbons (Fsp3) is 0.250. The Morgan fingerprint density at radius 2 is 1.90 bits per heavy atom. The maximum absolute atomic E-state index is 5.41. The molecule has 1 aliphatic carbocycles. The second-order valence-electron chi connectivity index (χ2n) is 4.93. The number of nitrogens with zero attached hydrogens (tertiary/aromatic N) is 2. The van der Waals surface area contributed by atoms with E-state index in [9.17, 15) is 0 Å². The summed E-state index contributed by atoms with van der Waals surface area (Å²) in [4.78, 5) is 5.97. The van der Waals surface area contributed by atoms with Crippen molar-refractivity contribution in [3.8, 4) is 10.6 Å². The average Bonchev–Trinajstić information content (AvgIpc) is 2.53. The predicted octanol–water partition coefficient (Wildman–Crippen LogP) is 2.20. The summed E-state index contributed by atoms with van der Waals surface area (Å²) in [6, 6.07) is 14.9. The molecule has 4 rings (SSSR count). The molecular weight excluding hydrogens is 268 g/mol. The SMILES string of the molecule is c1ccc2sc3cc(=[N+]4CCOCC4)ccc-3nc2c1. The van der Waals surface area contributed by atoms with E-state index < -0.39 is 0 Å². The summed E-state index contributed by atoms with van der Waals surface area (Å²) in [5, 5.41) is 1.27. The Kier molecular flexibility index (Phi) is 2.98. The Labute approximate surface area is 121 Å². The van der Waals surface area contributed by atoms with Crippen LogP contribution in [0.3, 0.4) is 0 Å². The molecule has 0 amide bonds. The molecule has 2 aliphatic heterocycles. The molecule has 0 radical (unpaired) electrons. The average molecular weight is 283 g/mol. The van der Waals surface area contributed by atoms with Crippen molar-refractivity contribution in [2.24, 2.45) is 0 Å². The van der Waals surface area contributed by atoms with Gasteiger partial charge in [0.2, 0.25) is 5.36 Å². The standard InChI is InChI=1S/C16H15N2OS/c1-2-4-15-13(3-1)17-14-6-5-12(11-16(14)20-15)18-7-9-19-10-8-18/h1-6,11H,7-10H2/q+1. The van der Waals surface area contributed by atoms with Gasteiger partial charge in [-0.25, -0.2) is 9.56 Å². The maximum atomic E-state index is 5.41. The second-order valence-corrected chi connectivity index (χ2v) is 6.02. The molecule has 0 unspecified atom stereocenters. The number of fused-ring (bicyclic) bond motifs is 2. The molecule has 100 valence electrons. The molecular formula is C16H15N2OS+. The summed E-state index contributed by atoms with van der Waals surface area (Å²) in [5.74, 6) is 0. The first-order chi connectivity index (χ1) is 9.90. The number of benzene rings is 2. The van der Waals surface area contributed by atoms with E-state index in [1.807, 2.05) is 17.4 Å². The number of rotatable bonds is 0. The molecule has 0 N–H and O–H groups in total. The highest BCUT2D eigenvalue weighted by Crippen LogP contribution is 2.28. The quantitative estimate of drug-likeness (QED) is 0.467. The minimum absolute atomic E-state index is 0.817. The van der Waals surface area contributed by atoms with Crippen LogP contribution in [0.4, 0.5) is 0 Å². The fourth-order valence-electron chi connectivity index (χ4n) is 2.58. The van der Waals surface area contributed by atoms with Crippen molar-refractivity contribution in [2.45, 2.75) is 0 Å². The van der Waals surface area contributed by atoms with E-state index in [4.69, 9.17) is 9.72 Å². The first-order valence-electron chi connectivity index (χ1n) is 6.85. The first kappa shape index (κ1) is 12.0. The molecule has 3 aliphatic rings. The van der Waals surface area contributed by atoms with Gasteiger partial charge in [-0.05, 0) is 18.2 Å². The minimum Gasteiger partial charge on any atom is -0.368 e. The Balaban J connectivity index is 1.95. The van der Waals surface area contributed by atoms with Crippen LogP contribution < -0.4 is 9.93 Å². The van der Waals surface area contributed by atoms with Gasteiger partial charge in [0.15, 0.2) is 13.1 Å². The van der Waals surface area contributed by atoms with Gasteiger partial charge in [-0.3, -0.25) is 0 Å². The van der Waals surface area contributed by atoms with Crippen molar-refractivity contribution in [2.75, 3.05) is 26.3 Å². The summed E-state index contributed by atoms with van der Waals surface area (Å²) in [6.07, 6.45) is 0. The number of para-hydroxylation sites is 1. The van der Waals surface area contributed by atoms with Crippen molar-refractivity contribution < 1.29 is 4.74 Å². The van der Waals surface area contributed by atoms with Gasteiger partial charge in [0.1, 0.15) is 13.2 Å². The van der Waals surface area contributed by atoms with Crippen LogP contribution in [0.25, 0.3) is 20.8 Å². The molecule has 1 saturated heterocycles. The van der Waals surface area contributed by atoms with Crippen molar-refractivity contribution >= 4 is 21.6 Å². The van der Waals surface area contributed by atoms with E-state index >= 15 is 0 Å². The van der Waals surface area contributed by atoms with Gasteiger partial charge in [-0.1, -0.05) is 12.1 Å². The lowest BCUT2D eigenvalue weighted by atomic mass is 10.2. The zero-order chi connectivity index (χ0) is 13.4. The van der Waals surface area contributed by atoms with Crippen LogP contribution in [-0.2, 0) is 4.74 Å². The monoisotopic (exact) mass is 283 g/mol. The molecule has 1 fully saturated rings. The van der Waals surface area contributed by atoms with Gasteiger partial charge >= 0.3 is 0 Å². The summed E-state index contributed by atoms with van der Waals surface area (Å²) >= 11 is 1.81. The Hall–Kier alpha value is -1.78. The van der Waals surface area contributed by atoms with Crippen LogP contribution >= 0.6 is 11.3 Å². The third-order valence-electron chi connectivity index (χ3n) is 3.65. The molecule has 1 aromatic rings. The van der Waals surface area contributed by atoms with Crippen LogP contribution in [0.1, 0.15) is 0 Å². The van der Waals surface area contributed by atoms with Crippen molar-refractivity contribution in [1.29, 1.82) is 0 Å². The molecule has 0 aromatic heterocycles. The fourth-order valence-corrected chi connectivity index (χ4v) is 3.58. The normalized spacial score (nSPS) is 15.9. The van der Waals surface area contributed by atoms with Gasteiger partial charge in [0.25, 0.3) is 0 Å². The maximum Gasteiger partial charge on any atom is 0.201 e. The van der Waals surface area contributed by atoms with Crippen LogP contribution in [-0.4, -0.2) is 31.3 Å². The lowest BCUT2D eigenvalue weighted by Crippen LogP contribution is -2.39. The van der Waals surface area contributed by atoms with E-state index in [2.05, 4.69) is 41.0 Å². The highest BCUT2D eigenvalue weighted by Gasteiger charge is 2.14. The zero-order valence-corrected chi connectivity index (χ0v) is 11.9. The first-order valence-corrected chi connectivity index (χ1v) is 7.67. The van der Waals surface area contributed by atoms with E-state index in [0.29, 0.717) is 0 Å².